The zero-order chi connectivity index (χ0) is 19.1. The van der Waals surface area contributed by atoms with Gasteiger partial charge in [0.25, 0.3) is 0 Å². The second kappa shape index (κ2) is 9.16. The topological polar surface area (TPSA) is 56.8 Å². The number of carbonyl (C=O) groups excluding carboxylic acids is 2. The van der Waals surface area contributed by atoms with Crippen LogP contribution >= 0.6 is 0 Å². The van der Waals surface area contributed by atoms with Gasteiger partial charge < -0.3 is 14.7 Å². The molecule has 1 aromatic heterocycles. The molecule has 1 fully saturated rings. The summed E-state index contributed by atoms with van der Waals surface area (Å²) in [6, 6.07) is 15.7. The fourth-order valence-corrected chi connectivity index (χ4v) is 3.26. The maximum Gasteiger partial charge on any atom is 0.232 e. The Labute approximate surface area is 160 Å². The molecule has 6 heteroatoms. The number of aromatic nitrogens is 1. The Morgan fingerprint density at radius 1 is 1.00 bits per heavy atom. The second-order valence-corrected chi connectivity index (χ2v) is 6.63. The Balaban J connectivity index is 1.50. The highest BCUT2D eigenvalue weighted by Crippen LogP contribution is 2.14. The Bertz CT molecular complexity index is 743. The first-order chi connectivity index (χ1) is 13.2. The van der Waals surface area contributed by atoms with Crippen LogP contribution in [0.25, 0.3) is 0 Å². The molecule has 0 aliphatic carbocycles. The van der Waals surface area contributed by atoms with Gasteiger partial charge in [-0.3, -0.25) is 9.59 Å². The van der Waals surface area contributed by atoms with Crippen molar-refractivity contribution in [1.82, 2.24) is 14.8 Å². The zero-order valence-corrected chi connectivity index (χ0v) is 15.8. The molecule has 0 unspecified atom stereocenters. The Morgan fingerprint density at radius 3 is 2.33 bits per heavy atom. The third kappa shape index (κ3) is 5.06. The van der Waals surface area contributed by atoms with Crippen molar-refractivity contribution in [3.63, 3.8) is 0 Å². The fourth-order valence-electron chi connectivity index (χ4n) is 3.26. The molecule has 142 valence electrons. The van der Waals surface area contributed by atoms with Gasteiger partial charge in [-0.2, -0.15) is 0 Å². The molecule has 0 atom stereocenters. The highest BCUT2D eigenvalue weighted by atomic mass is 16.2. The molecule has 0 spiro atoms. The monoisotopic (exact) mass is 366 g/mol. The summed E-state index contributed by atoms with van der Waals surface area (Å²) in [5.74, 6) is 0.728. The molecule has 0 saturated carbocycles. The molecule has 0 radical (unpaired) electrons. The van der Waals surface area contributed by atoms with Crippen LogP contribution in [0.4, 0.5) is 5.82 Å². The van der Waals surface area contributed by atoms with E-state index >= 15 is 0 Å². The van der Waals surface area contributed by atoms with Crippen molar-refractivity contribution in [3.8, 4) is 0 Å². The van der Waals surface area contributed by atoms with E-state index in [1.165, 1.54) is 0 Å². The summed E-state index contributed by atoms with van der Waals surface area (Å²) < 4.78 is 0. The van der Waals surface area contributed by atoms with Crippen molar-refractivity contribution in [2.75, 3.05) is 37.6 Å². The number of piperazine rings is 1. The normalized spacial score (nSPS) is 14.1. The lowest BCUT2D eigenvalue weighted by Crippen LogP contribution is -2.50. The summed E-state index contributed by atoms with van der Waals surface area (Å²) in [4.78, 5) is 35.2. The molecule has 1 aliphatic heterocycles. The average molecular weight is 366 g/mol. The summed E-state index contributed by atoms with van der Waals surface area (Å²) in [6.45, 7) is 5.78. The standard InChI is InChI=1S/C21H26N4O2/c1-2-23(17-18-8-4-3-5-9-18)20(26)16-21(27)25-14-12-24(13-15-25)19-10-6-7-11-22-19/h3-11H,2,12-17H2,1H3. The van der Waals surface area contributed by atoms with E-state index in [0.29, 0.717) is 26.2 Å². The third-order valence-electron chi connectivity index (χ3n) is 4.86. The molecule has 3 rings (SSSR count). The first-order valence-electron chi connectivity index (χ1n) is 9.43. The van der Waals surface area contributed by atoms with E-state index in [-0.39, 0.29) is 18.2 Å². The summed E-state index contributed by atoms with van der Waals surface area (Å²) in [7, 11) is 0. The molecule has 0 N–H and O–H groups in total. The summed E-state index contributed by atoms with van der Waals surface area (Å²) in [6.07, 6.45) is 1.71. The van der Waals surface area contributed by atoms with Crippen LogP contribution in [-0.4, -0.2) is 59.3 Å². The molecule has 2 amide bonds. The number of nitrogens with zero attached hydrogens (tertiary/aromatic N) is 4. The summed E-state index contributed by atoms with van der Waals surface area (Å²) in [5, 5.41) is 0. The van der Waals surface area contributed by atoms with Crippen molar-refractivity contribution in [1.29, 1.82) is 0 Å². The van der Waals surface area contributed by atoms with Gasteiger partial charge in [-0.05, 0) is 24.6 Å². The van der Waals surface area contributed by atoms with Crippen LogP contribution in [0, 0.1) is 0 Å². The number of carbonyl (C=O) groups is 2. The second-order valence-electron chi connectivity index (χ2n) is 6.63. The lowest BCUT2D eigenvalue weighted by atomic mass is 10.2. The molecule has 2 aromatic rings. The van der Waals surface area contributed by atoms with E-state index in [1.807, 2.05) is 55.5 Å². The SMILES string of the molecule is CCN(Cc1ccccc1)C(=O)CC(=O)N1CCN(c2ccccn2)CC1. The Hall–Kier alpha value is -2.89. The highest BCUT2D eigenvalue weighted by molar-refractivity contribution is 5.97. The molecule has 1 aromatic carbocycles. The highest BCUT2D eigenvalue weighted by Gasteiger charge is 2.25. The minimum Gasteiger partial charge on any atom is -0.353 e. The van der Waals surface area contributed by atoms with Gasteiger partial charge >= 0.3 is 0 Å². The molecule has 1 saturated heterocycles. The first kappa shape index (κ1) is 18.9. The van der Waals surface area contributed by atoms with Crippen LogP contribution in [-0.2, 0) is 16.1 Å². The van der Waals surface area contributed by atoms with Crippen molar-refractivity contribution < 1.29 is 9.59 Å². The Morgan fingerprint density at radius 2 is 1.70 bits per heavy atom. The summed E-state index contributed by atoms with van der Waals surface area (Å²) >= 11 is 0. The van der Waals surface area contributed by atoms with Crippen molar-refractivity contribution in [3.05, 3.63) is 60.3 Å². The Kier molecular flexibility index (Phi) is 6.41. The number of rotatable bonds is 6. The third-order valence-corrected chi connectivity index (χ3v) is 4.86. The van der Waals surface area contributed by atoms with Gasteiger partial charge in [0.05, 0.1) is 0 Å². The van der Waals surface area contributed by atoms with Gasteiger partial charge in [0, 0.05) is 45.5 Å². The van der Waals surface area contributed by atoms with Crippen LogP contribution < -0.4 is 4.90 Å². The van der Waals surface area contributed by atoms with Crippen molar-refractivity contribution in [2.24, 2.45) is 0 Å². The smallest absolute Gasteiger partial charge is 0.232 e. The number of anilines is 1. The van der Waals surface area contributed by atoms with E-state index < -0.39 is 0 Å². The minimum absolute atomic E-state index is 0.0652. The number of amides is 2. The maximum atomic E-state index is 12.6. The van der Waals surface area contributed by atoms with Gasteiger partial charge in [0.1, 0.15) is 12.2 Å². The van der Waals surface area contributed by atoms with Gasteiger partial charge in [-0.15, -0.1) is 0 Å². The molecule has 1 aliphatic rings. The molecule has 2 heterocycles. The fraction of sp³-hybridized carbons (Fsp3) is 0.381. The van der Waals surface area contributed by atoms with Crippen LogP contribution in [0.15, 0.2) is 54.7 Å². The number of benzene rings is 1. The van der Waals surface area contributed by atoms with Crippen LogP contribution in [0.3, 0.4) is 0 Å². The molecule has 27 heavy (non-hydrogen) atoms. The molecular weight excluding hydrogens is 340 g/mol. The van der Waals surface area contributed by atoms with Crippen LogP contribution in [0.2, 0.25) is 0 Å². The first-order valence-corrected chi connectivity index (χ1v) is 9.43. The quantitative estimate of drug-likeness (QED) is 0.735. The number of pyridine rings is 1. The largest absolute Gasteiger partial charge is 0.353 e. The molecule has 6 nitrogen and oxygen atoms in total. The number of hydrogen-bond acceptors (Lipinski definition) is 4. The van der Waals surface area contributed by atoms with Gasteiger partial charge in [-0.1, -0.05) is 36.4 Å². The van der Waals surface area contributed by atoms with E-state index in [1.54, 1.807) is 16.0 Å². The van der Waals surface area contributed by atoms with Crippen molar-refractivity contribution >= 4 is 17.6 Å². The van der Waals surface area contributed by atoms with E-state index in [4.69, 9.17) is 0 Å². The van der Waals surface area contributed by atoms with Crippen LogP contribution in [0.5, 0.6) is 0 Å². The maximum absolute atomic E-state index is 12.6. The van der Waals surface area contributed by atoms with Gasteiger partial charge in [-0.25, -0.2) is 4.98 Å². The van der Waals surface area contributed by atoms with Gasteiger partial charge in [0.2, 0.25) is 11.8 Å². The minimum atomic E-state index is -0.112. The van der Waals surface area contributed by atoms with E-state index in [0.717, 1.165) is 24.5 Å². The predicted octanol–water partition coefficient (Wildman–Crippen LogP) is 2.17. The van der Waals surface area contributed by atoms with Crippen molar-refractivity contribution in [2.45, 2.75) is 19.9 Å². The zero-order valence-electron chi connectivity index (χ0n) is 15.8. The predicted molar refractivity (Wildman–Crippen MR) is 105 cm³/mol. The van der Waals surface area contributed by atoms with E-state index in [9.17, 15) is 9.59 Å². The lowest BCUT2D eigenvalue weighted by molar-refractivity contribution is -0.141. The summed E-state index contributed by atoms with van der Waals surface area (Å²) in [5.41, 5.74) is 1.07. The van der Waals surface area contributed by atoms with Crippen LogP contribution in [0.1, 0.15) is 18.9 Å². The number of hydrogen-bond donors (Lipinski definition) is 0. The molecular formula is C21H26N4O2. The average Bonchev–Trinajstić information content (AvgIpc) is 2.73. The van der Waals surface area contributed by atoms with E-state index in [2.05, 4.69) is 9.88 Å². The lowest BCUT2D eigenvalue weighted by Gasteiger charge is -2.35. The van der Waals surface area contributed by atoms with Gasteiger partial charge in [0.15, 0.2) is 0 Å². The molecule has 0 bridgehead atoms.